The monoisotopic (exact) mass is 247 g/mol. The topological polar surface area (TPSA) is 21.7 Å². The van der Waals surface area contributed by atoms with Crippen molar-refractivity contribution < 1.29 is 9.47 Å². The van der Waals surface area contributed by atoms with Gasteiger partial charge in [-0.25, -0.2) is 0 Å². The second-order valence-corrected chi connectivity index (χ2v) is 5.16. The van der Waals surface area contributed by atoms with E-state index in [4.69, 9.17) is 9.47 Å². The lowest BCUT2D eigenvalue weighted by atomic mass is 9.84. The zero-order valence-corrected chi connectivity index (χ0v) is 11.8. The maximum atomic E-state index is 5.45. The van der Waals surface area contributed by atoms with Crippen molar-refractivity contribution in [2.45, 2.75) is 32.4 Å². The predicted octanol–water partition coefficient (Wildman–Crippen LogP) is 3.30. The number of fused-ring (bicyclic) bond motifs is 1. The van der Waals surface area contributed by atoms with E-state index in [-0.39, 0.29) is 11.6 Å². The average Bonchev–Trinajstić information content (AvgIpc) is 2.57. The summed E-state index contributed by atoms with van der Waals surface area (Å²) >= 11 is 0. The molecule has 3 nitrogen and oxygen atoms in total. The SMILES string of the molecule is C=C1N(C(C)OC)c2ccc(OC)cc2C1(C)C. The van der Waals surface area contributed by atoms with Gasteiger partial charge in [0.1, 0.15) is 12.0 Å². The van der Waals surface area contributed by atoms with Crippen molar-refractivity contribution >= 4 is 5.69 Å². The molecule has 1 heterocycles. The lowest BCUT2D eigenvalue weighted by molar-refractivity contribution is 0.120. The molecule has 0 amide bonds. The summed E-state index contributed by atoms with van der Waals surface area (Å²) in [5.41, 5.74) is 3.34. The highest BCUT2D eigenvalue weighted by Crippen LogP contribution is 2.48. The predicted molar refractivity (Wildman–Crippen MR) is 74.1 cm³/mol. The zero-order chi connectivity index (χ0) is 13.5. The molecule has 0 saturated carbocycles. The molecular weight excluding hydrogens is 226 g/mol. The first-order chi connectivity index (χ1) is 8.43. The van der Waals surface area contributed by atoms with Gasteiger partial charge in [0, 0.05) is 23.9 Å². The molecule has 0 fully saturated rings. The van der Waals surface area contributed by atoms with E-state index in [1.54, 1.807) is 14.2 Å². The van der Waals surface area contributed by atoms with E-state index in [1.165, 1.54) is 5.56 Å². The number of ether oxygens (including phenoxy) is 2. The Balaban J connectivity index is 2.57. The quantitative estimate of drug-likeness (QED) is 0.818. The van der Waals surface area contributed by atoms with Crippen molar-refractivity contribution in [3.8, 4) is 5.75 Å². The van der Waals surface area contributed by atoms with Crippen LogP contribution in [0.4, 0.5) is 5.69 Å². The lowest BCUT2D eigenvalue weighted by Gasteiger charge is -2.30. The minimum absolute atomic E-state index is 0.0218. The minimum Gasteiger partial charge on any atom is -0.497 e. The third-order valence-electron chi connectivity index (χ3n) is 3.85. The molecule has 0 spiro atoms. The van der Waals surface area contributed by atoms with Gasteiger partial charge in [-0.05, 0) is 30.7 Å². The van der Waals surface area contributed by atoms with Crippen LogP contribution in [-0.4, -0.2) is 20.4 Å². The normalized spacial score (nSPS) is 18.7. The minimum atomic E-state index is -0.101. The Morgan fingerprint density at radius 2 is 1.94 bits per heavy atom. The molecular formula is C15H21NO2. The molecule has 1 unspecified atom stereocenters. The van der Waals surface area contributed by atoms with Crippen LogP contribution in [0.5, 0.6) is 5.75 Å². The highest BCUT2D eigenvalue weighted by Gasteiger charge is 2.41. The first kappa shape index (κ1) is 13.0. The number of anilines is 1. The third kappa shape index (κ3) is 1.70. The lowest BCUT2D eigenvalue weighted by Crippen LogP contribution is -2.34. The van der Waals surface area contributed by atoms with E-state index in [2.05, 4.69) is 37.5 Å². The van der Waals surface area contributed by atoms with Crippen LogP contribution in [0, 0.1) is 0 Å². The molecule has 1 aliphatic heterocycles. The molecule has 2 rings (SSSR count). The summed E-state index contributed by atoms with van der Waals surface area (Å²) in [6.07, 6.45) is -0.0218. The van der Waals surface area contributed by atoms with Crippen molar-refractivity contribution in [2.75, 3.05) is 19.1 Å². The molecule has 0 aliphatic carbocycles. The second kappa shape index (κ2) is 4.32. The molecule has 18 heavy (non-hydrogen) atoms. The van der Waals surface area contributed by atoms with Gasteiger partial charge in [0.2, 0.25) is 0 Å². The number of rotatable bonds is 3. The van der Waals surface area contributed by atoms with E-state index in [0.717, 1.165) is 17.1 Å². The molecule has 3 heteroatoms. The Morgan fingerprint density at radius 1 is 1.28 bits per heavy atom. The Morgan fingerprint density at radius 3 is 2.50 bits per heavy atom. The van der Waals surface area contributed by atoms with Crippen LogP contribution in [0.3, 0.4) is 0 Å². The van der Waals surface area contributed by atoms with Crippen LogP contribution in [0.2, 0.25) is 0 Å². The van der Waals surface area contributed by atoms with Gasteiger partial charge in [0.25, 0.3) is 0 Å². The summed E-state index contributed by atoms with van der Waals surface area (Å²) in [5.74, 6) is 0.876. The number of hydrogen-bond donors (Lipinski definition) is 0. The molecule has 1 atom stereocenters. The van der Waals surface area contributed by atoms with Crippen molar-refractivity contribution in [1.29, 1.82) is 0 Å². The standard InChI is InChI=1S/C15H21NO2/c1-10-15(3,4)13-9-12(18-6)7-8-14(13)16(10)11(2)17-5/h7-9,11H,1H2,2-6H3. The maximum absolute atomic E-state index is 5.45. The first-order valence-corrected chi connectivity index (χ1v) is 6.13. The zero-order valence-electron chi connectivity index (χ0n) is 11.8. The van der Waals surface area contributed by atoms with Crippen LogP contribution < -0.4 is 9.64 Å². The van der Waals surface area contributed by atoms with Gasteiger partial charge in [-0.1, -0.05) is 20.4 Å². The molecule has 0 bridgehead atoms. The summed E-state index contributed by atoms with van der Waals surface area (Å²) < 4.78 is 10.8. The second-order valence-electron chi connectivity index (χ2n) is 5.16. The van der Waals surface area contributed by atoms with Crippen molar-refractivity contribution in [1.82, 2.24) is 0 Å². The fraction of sp³-hybridized carbons (Fsp3) is 0.467. The molecule has 1 aliphatic rings. The van der Waals surface area contributed by atoms with Gasteiger partial charge in [0.15, 0.2) is 0 Å². The maximum Gasteiger partial charge on any atom is 0.130 e. The Labute approximate surface area is 109 Å². The van der Waals surface area contributed by atoms with E-state index < -0.39 is 0 Å². The van der Waals surface area contributed by atoms with Gasteiger partial charge >= 0.3 is 0 Å². The van der Waals surface area contributed by atoms with E-state index in [1.807, 2.05) is 13.0 Å². The highest BCUT2D eigenvalue weighted by atomic mass is 16.5. The molecule has 0 N–H and O–H groups in total. The molecule has 1 aromatic rings. The Hall–Kier alpha value is -1.48. The van der Waals surface area contributed by atoms with Crippen molar-refractivity contribution in [3.63, 3.8) is 0 Å². The number of hydrogen-bond acceptors (Lipinski definition) is 3. The van der Waals surface area contributed by atoms with Crippen LogP contribution in [0.1, 0.15) is 26.3 Å². The van der Waals surface area contributed by atoms with Crippen LogP contribution in [0.15, 0.2) is 30.5 Å². The summed E-state index contributed by atoms with van der Waals surface area (Å²) in [6.45, 7) is 10.6. The van der Waals surface area contributed by atoms with Crippen LogP contribution in [0.25, 0.3) is 0 Å². The van der Waals surface area contributed by atoms with Gasteiger partial charge in [-0.15, -0.1) is 0 Å². The average molecular weight is 247 g/mol. The fourth-order valence-corrected chi connectivity index (χ4v) is 2.48. The fourth-order valence-electron chi connectivity index (χ4n) is 2.48. The number of benzene rings is 1. The smallest absolute Gasteiger partial charge is 0.130 e. The Kier molecular flexibility index (Phi) is 3.11. The number of nitrogens with zero attached hydrogens (tertiary/aromatic N) is 1. The van der Waals surface area contributed by atoms with E-state index in [9.17, 15) is 0 Å². The number of allylic oxidation sites excluding steroid dienone is 1. The van der Waals surface area contributed by atoms with Crippen LogP contribution in [-0.2, 0) is 10.2 Å². The number of methoxy groups -OCH3 is 2. The van der Waals surface area contributed by atoms with Gasteiger partial charge in [-0.2, -0.15) is 0 Å². The molecule has 1 aromatic carbocycles. The van der Waals surface area contributed by atoms with Gasteiger partial charge in [-0.3, -0.25) is 0 Å². The van der Waals surface area contributed by atoms with Crippen molar-refractivity contribution in [3.05, 3.63) is 36.0 Å². The Bertz CT molecular complexity index is 479. The van der Waals surface area contributed by atoms with Gasteiger partial charge < -0.3 is 14.4 Å². The largest absolute Gasteiger partial charge is 0.497 e. The summed E-state index contributed by atoms with van der Waals surface area (Å²) in [4.78, 5) is 2.15. The summed E-state index contributed by atoms with van der Waals surface area (Å²) in [5, 5.41) is 0. The molecule has 0 radical (unpaired) electrons. The first-order valence-electron chi connectivity index (χ1n) is 6.13. The molecule has 0 aromatic heterocycles. The van der Waals surface area contributed by atoms with Crippen LogP contribution >= 0.6 is 0 Å². The van der Waals surface area contributed by atoms with E-state index in [0.29, 0.717) is 0 Å². The molecule has 98 valence electrons. The van der Waals surface area contributed by atoms with Crippen molar-refractivity contribution in [2.24, 2.45) is 0 Å². The summed E-state index contributed by atoms with van der Waals surface area (Å²) in [7, 11) is 3.40. The van der Waals surface area contributed by atoms with Gasteiger partial charge in [0.05, 0.1) is 7.11 Å². The van der Waals surface area contributed by atoms with E-state index >= 15 is 0 Å². The molecule has 0 saturated heterocycles. The highest BCUT2D eigenvalue weighted by molar-refractivity contribution is 5.71. The summed E-state index contributed by atoms with van der Waals surface area (Å²) in [6, 6.07) is 6.13. The third-order valence-corrected chi connectivity index (χ3v) is 3.85.